The molecule has 0 aliphatic rings. The monoisotopic (exact) mass is 626 g/mol. The van der Waals surface area contributed by atoms with Gasteiger partial charge in [-0.25, -0.2) is 19.9 Å². The van der Waals surface area contributed by atoms with Crippen LogP contribution in [0.25, 0.3) is 0 Å². The Hall–Kier alpha value is -5.39. The maximum atomic E-state index is 11.9. The van der Waals surface area contributed by atoms with E-state index in [0.29, 0.717) is 0 Å². The molecule has 0 fully saturated rings. The summed E-state index contributed by atoms with van der Waals surface area (Å²) in [5.74, 6) is -1.26. The Labute approximate surface area is 277 Å². The molecule has 0 aliphatic heterocycles. The third kappa shape index (κ3) is 9.82. The average molecular weight is 627 g/mol. The molecule has 0 radical (unpaired) electrons. The normalized spacial score (nSPS) is 9.78. The molecule has 4 aromatic heterocycles. The van der Waals surface area contributed by atoms with E-state index in [0.717, 1.165) is 0 Å². The van der Waals surface area contributed by atoms with Gasteiger partial charge in [-0.15, -0.1) is 0 Å². The van der Waals surface area contributed by atoms with Crippen molar-refractivity contribution in [1.29, 1.82) is 0 Å². The summed E-state index contributed by atoms with van der Waals surface area (Å²) < 4.78 is 36.5. The van der Waals surface area contributed by atoms with Crippen LogP contribution in [0.3, 0.4) is 0 Å². The molecule has 0 bridgehead atoms. The molecule has 17 nitrogen and oxygen atoms in total. The number of aromatic carboxylic acids is 1. The number of methoxy groups -OCH3 is 4. The minimum Gasteiger partial charge on any atom is -0.545 e. The van der Waals surface area contributed by atoms with E-state index in [9.17, 15) is 9.90 Å². The molecular formula is C27H23N8NaO9. The van der Waals surface area contributed by atoms with Crippen molar-refractivity contribution in [2.45, 2.75) is 0 Å². The van der Waals surface area contributed by atoms with Gasteiger partial charge in [-0.1, -0.05) is 6.07 Å². The van der Waals surface area contributed by atoms with Crippen LogP contribution in [0.5, 0.6) is 59.1 Å². The minimum absolute atomic E-state index is 0. The Morgan fingerprint density at radius 1 is 0.556 bits per heavy atom. The zero-order chi connectivity index (χ0) is 31.3. The molecule has 5 aromatic rings. The second-order valence-electron chi connectivity index (χ2n) is 7.76. The molecule has 45 heavy (non-hydrogen) atoms. The van der Waals surface area contributed by atoms with Gasteiger partial charge in [0, 0.05) is 24.8 Å². The molecule has 0 unspecified atom stereocenters. The topological polar surface area (TPSA) is 208 Å². The number of hydrogen-bond donors (Lipinski definition) is 0. The Morgan fingerprint density at radius 2 is 0.911 bits per heavy atom. The van der Waals surface area contributed by atoms with Gasteiger partial charge in [0.2, 0.25) is 23.5 Å². The molecule has 5 rings (SSSR count). The number of carbonyl (C=O) groups is 1. The van der Waals surface area contributed by atoms with Crippen LogP contribution in [-0.2, 0) is 0 Å². The SMILES string of the molecule is COc1cc(OC)nc(Oc2cccc(Oc3nc(OC)cc(OC)n3)c2C(=O)[O-])n1.[Na+].c1cnc(Oc2ncccn2)nc1. The van der Waals surface area contributed by atoms with Gasteiger partial charge < -0.3 is 43.1 Å². The van der Waals surface area contributed by atoms with Crippen LogP contribution in [0.2, 0.25) is 0 Å². The number of carboxylic acids is 1. The van der Waals surface area contributed by atoms with Crippen molar-refractivity contribution in [2.24, 2.45) is 0 Å². The van der Waals surface area contributed by atoms with Gasteiger partial charge in [0.15, 0.2) is 0 Å². The second kappa shape index (κ2) is 17.0. The van der Waals surface area contributed by atoms with Gasteiger partial charge in [0.1, 0.15) is 11.5 Å². The zero-order valence-corrected chi connectivity index (χ0v) is 26.6. The number of nitrogens with zero attached hydrogens (tertiary/aromatic N) is 8. The third-order valence-corrected chi connectivity index (χ3v) is 5.02. The van der Waals surface area contributed by atoms with Gasteiger partial charge in [-0.2, -0.15) is 19.9 Å². The van der Waals surface area contributed by atoms with Gasteiger partial charge >= 0.3 is 53.6 Å². The van der Waals surface area contributed by atoms with E-state index in [1.165, 1.54) is 58.8 Å². The van der Waals surface area contributed by atoms with Gasteiger partial charge in [-0.3, -0.25) is 0 Å². The summed E-state index contributed by atoms with van der Waals surface area (Å²) in [5, 5.41) is 11.9. The van der Waals surface area contributed by atoms with Crippen LogP contribution < -0.4 is 67.8 Å². The summed E-state index contributed by atoms with van der Waals surface area (Å²) in [4.78, 5) is 43.3. The molecule has 4 heterocycles. The fraction of sp³-hybridized carbons (Fsp3) is 0.148. The van der Waals surface area contributed by atoms with Crippen molar-refractivity contribution >= 4 is 5.97 Å². The maximum absolute atomic E-state index is 11.9. The fourth-order valence-corrected chi connectivity index (χ4v) is 3.11. The summed E-state index contributed by atoms with van der Waals surface area (Å²) in [6.07, 6.45) is 6.35. The summed E-state index contributed by atoms with van der Waals surface area (Å²) in [6, 6.07) is 10.6. The van der Waals surface area contributed by atoms with Crippen molar-refractivity contribution in [1.82, 2.24) is 39.9 Å². The minimum atomic E-state index is -1.57. The van der Waals surface area contributed by atoms with Gasteiger partial charge in [0.05, 0.1) is 52.1 Å². The molecule has 0 spiro atoms. The molecular weight excluding hydrogens is 603 g/mol. The van der Waals surface area contributed by atoms with E-state index in [1.54, 1.807) is 36.9 Å². The number of carbonyl (C=O) groups excluding carboxylic acids is 1. The number of carboxylic acid groups (broad SMARTS) is 1. The van der Waals surface area contributed by atoms with Crippen LogP contribution in [-0.4, -0.2) is 74.3 Å². The summed E-state index contributed by atoms with van der Waals surface area (Å²) >= 11 is 0. The largest absolute Gasteiger partial charge is 1.00 e. The summed E-state index contributed by atoms with van der Waals surface area (Å²) in [5.41, 5.74) is -0.418. The Bertz CT molecular complexity index is 1530. The van der Waals surface area contributed by atoms with Crippen LogP contribution >= 0.6 is 0 Å². The molecule has 0 aliphatic carbocycles. The van der Waals surface area contributed by atoms with Crippen molar-refractivity contribution in [2.75, 3.05) is 28.4 Å². The first-order valence-corrected chi connectivity index (χ1v) is 12.3. The number of rotatable bonds is 11. The van der Waals surface area contributed by atoms with Crippen LogP contribution in [0, 0.1) is 0 Å². The number of ether oxygens (including phenoxy) is 7. The molecule has 1 aromatic carbocycles. The van der Waals surface area contributed by atoms with Crippen LogP contribution in [0.4, 0.5) is 0 Å². The van der Waals surface area contributed by atoms with Gasteiger partial charge in [-0.05, 0) is 24.3 Å². The Morgan fingerprint density at radius 3 is 1.22 bits per heavy atom. The molecule has 18 heteroatoms. The fourth-order valence-electron chi connectivity index (χ4n) is 3.11. The predicted octanol–water partition coefficient (Wildman–Crippen LogP) is -0.688. The smallest absolute Gasteiger partial charge is 0.545 e. The van der Waals surface area contributed by atoms with E-state index in [2.05, 4.69) is 39.9 Å². The molecule has 0 saturated carbocycles. The first-order chi connectivity index (χ1) is 21.4. The zero-order valence-electron chi connectivity index (χ0n) is 24.6. The van der Waals surface area contributed by atoms with Crippen molar-refractivity contribution < 1.29 is 72.6 Å². The van der Waals surface area contributed by atoms with Crippen molar-refractivity contribution in [3.8, 4) is 59.1 Å². The molecule has 0 saturated heterocycles. The molecule has 0 N–H and O–H groups in total. The van der Waals surface area contributed by atoms with Crippen LogP contribution in [0.1, 0.15) is 10.4 Å². The maximum Gasteiger partial charge on any atom is 1.00 e. The first-order valence-electron chi connectivity index (χ1n) is 12.3. The standard InChI is InChI=1S/C19H18N4O8.C8H6N4O.Na/c1-26-12-8-13(27-2)21-18(20-12)30-10-6-5-7-11(16(10)17(24)25)31-19-22-14(28-3)9-15(23-19)29-4;1-3-9-7(10-4-1)13-8-11-5-2-6-12-8;/h5-9H,1-4H3,(H,24,25);1-6H;/q;;+1/p-1. The predicted molar refractivity (Wildman–Crippen MR) is 145 cm³/mol. The van der Waals surface area contributed by atoms with E-state index < -0.39 is 11.5 Å². The van der Waals surface area contributed by atoms with E-state index in [1.807, 2.05) is 0 Å². The number of aromatic nitrogens is 8. The summed E-state index contributed by atoms with van der Waals surface area (Å²) in [7, 11) is 5.59. The quantitative estimate of drug-likeness (QED) is 0.166. The van der Waals surface area contributed by atoms with E-state index in [-0.39, 0.29) is 88.6 Å². The van der Waals surface area contributed by atoms with Gasteiger partial charge in [0.25, 0.3) is 0 Å². The number of hydrogen-bond acceptors (Lipinski definition) is 17. The molecule has 0 amide bonds. The second-order valence-corrected chi connectivity index (χ2v) is 7.76. The molecule has 226 valence electrons. The first kappa shape index (κ1) is 34.1. The third-order valence-electron chi connectivity index (χ3n) is 5.02. The van der Waals surface area contributed by atoms with Crippen LogP contribution in [0.15, 0.2) is 67.3 Å². The molecule has 0 atom stereocenters. The van der Waals surface area contributed by atoms with Crippen molar-refractivity contribution in [3.63, 3.8) is 0 Å². The Balaban J connectivity index is 0.000000328. The average Bonchev–Trinajstić information content (AvgIpc) is 3.05. The van der Waals surface area contributed by atoms with E-state index in [4.69, 9.17) is 33.2 Å². The van der Waals surface area contributed by atoms with Crippen molar-refractivity contribution in [3.05, 3.63) is 72.8 Å². The van der Waals surface area contributed by atoms with E-state index >= 15 is 0 Å². The summed E-state index contributed by atoms with van der Waals surface area (Å²) in [6.45, 7) is 0. The Kier molecular flexibility index (Phi) is 12.9. The number of benzene rings is 1.